The fourth-order valence-electron chi connectivity index (χ4n) is 1.32. The van der Waals surface area contributed by atoms with Crippen molar-refractivity contribution in [1.82, 2.24) is 4.98 Å². The second kappa shape index (κ2) is 3.40. The minimum Gasteiger partial charge on any atom is -0.243 e. The standard InChI is InChI=1S/C10H4F5N/c11-5-3-7(12)6-1-2-9(10(13,14)15)16-8(6)4-5/h1-4H. The third kappa shape index (κ3) is 1.82. The van der Waals surface area contributed by atoms with E-state index in [1.165, 1.54) is 0 Å². The van der Waals surface area contributed by atoms with E-state index in [4.69, 9.17) is 0 Å². The number of rotatable bonds is 0. The van der Waals surface area contributed by atoms with Crippen molar-refractivity contribution in [2.45, 2.75) is 6.18 Å². The fourth-order valence-corrected chi connectivity index (χ4v) is 1.32. The molecule has 0 saturated heterocycles. The Morgan fingerprint density at radius 2 is 1.69 bits per heavy atom. The van der Waals surface area contributed by atoms with Crippen molar-refractivity contribution in [3.63, 3.8) is 0 Å². The maximum Gasteiger partial charge on any atom is 0.433 e. The Balaban J connectivity index is 2.71. The van der Waals surface area contributed by atoms with Crippen molar-refractivity contribution in [3.8, 4) is 0 Å². The van der Waals surface area contributed by atoms with E-state index in [-0.39, 0.29) is 10.9 Å². The van der Waals surface area contributed by atoms with E-state index < -0.39 is 23.5 Å². The Morgan fingerprint density at radius 1 is 1.00 bits per heavy atom. The summed E-state index contributed by atoms with van der Waals surface area (Å²) in [4.78, 5) is 3.16. The highest BCUT2D eigenvalue weighted by atomic mass is 19.4. The summed E-state index contributed by atoms with van der Waals surface area (Å²) in [7, 11) is 0. The van der Waals surface area contributed by atoms with Gasteiger partial charge in [-0.3, -0.25) is 0 Å². The molecule has 0 fully saturated rings. The van der Waals surface area contributed by atoms with E-state index in [0.717, 1.165) is 12.1 Å². The maximum absolute atomic E-state index is 13.1. The van der Waals surface area contributed by atoms with E-state index in [1.54, 1.807) is 0 Å². The van der Waals surface area contributed by atoms with Gasteiger partial charge in [0.15, 0.2) is 0 Å². The number of pyridine rings is 1. The van der Waals surface area contributed by atoms with Crippen molar-refractivity contribution in [1.29, 1.82) is 0 Å². The lowest BCUT2D eigenvalue weighted by Gasteiger charge is -2.06. The zero-order valence-electron chi connectivity index (χ0n) is 7.65. The maximum atomic E-state index is 13.1. The van der Waals surface area contributed by atoms with Crippen LogP contribution in [0, 0.1) is 11.6 Å². The van der Waals surface area contributed by atoms with Crippen LogP contribution in [0.3, 0.4) is 0 Å². The van der Waals surface area contributed by atoms with Gasteiger partial charge in [0.1, 0.15) is 17.3 Å². The summed E-state index contributed by atoms with van der Waals surface area (Å²) < 4.78 is 62.7. The molecular formula is C10H4F5N. The zero-order valence-corrected chi connectivity index (χ0v) is 7.65. The lowest BCUT2D eigenvalue weighted by molar-refractivity contribution is -0.140. The van der Waals surface area contributed by atoms with Gasteiger partial charge >= 0.3 is 6.18 Å². The molecule has 84 valence electrons. The first-order valence-corrected chi connectivity index (χ1v) is 4.21. The quantitative estimate of drug-likeness (QED) is 0.634. The Kier molecular flexibility index (Phi) is 2.29. The van der Waals surface area contributed by atoms with Crippen LogP contribution in [0.5, 0.6) is 0 Å². The summed E-state index contributed by atoms with van der Waals surface area (Å²) in [5, 5.41) is -0.144. The first kappa shape index (κ1) is 10.8. The third-order valence-corrected chi connectivity index (χ3v) is 2.01. The van der Waals surface area contributed by atoms with Gasteiger partial charge in [0.05, 0.1) is 5.52 Å². The van der Waals surface area contributed by atoms with Gasteiger partial charge < -0.3 is 0 Å². The molecule has 16 heavy (non-hydrogen) atoms. The first-order chi connectivity index (χ1) is 7.38. The number of aromatic nitrogens is 1. The molecule has 0 saturated carbocycles. The molecule has 2 rings (SSSR count). The van der Waals surface area contributed by atoms with Gasteiger partial charge in [0, 0.05) is 17.5 Å². The van der Waals surface area contributed by atoms with Crippen LogP contribution in [0.4, 0.5) is 22.0 Å². The van der Waals surface area contributed by atoms with E-state index in [1.807, 2.05) is 0 Å². The van der Waals surface area contributed by atoms with E-state index in [2.05, 4.69) is 4.98 Å². The number of nitrogens with zero attached hydrogens (tertiary/aromatic N) is 1. The molecule has 0 aliphatic heterocycles. The highest BCUT2D eigenvalue weighted by Gasteiger charge is 2.32. The number of hydrogen-bond acceptors (Lipinski definition) is 1. The number of hydrogen-bond donors (Lipinski definition) is 0. The molecule has 6 heteroatoms. The second-order valence-electron chi connectivity index (χ2n) is 3.15. The minimum atomic E-state index is -4.63. The first-order valence-electron chi connectivity index (χ1n) is 4.21. The van der Waals surface area contributed by atoms with Crippen LogP contribution in [-0.4, -0.2) is 4.98 Å². The molecule has 0 unspecified atom stereocenters. The van der Waals surface area contributed by atoms with E-state index in [9.17, 15) is 22.0 Å². The molecule has 0 spiro atoms. The van der Waals surface area contributed by atoms with Gasteiger partial charge in [0.25, 0.3) is 0 Å². The van der Waals surface area contributed by atoms with Crippen molar-refractivity contribution >= 4 is 10.9 Å². The summed E-state index contributed by atoms with van der Waals surface area (Å²) in [6.45, 7) is 0. The molecule has 0 aliphatic carbocycles. The highest BCUT2D eigenvalue weighted by molar-refractivity contribution is 5.79. The van der Waals surface area contributed by atoms with Crippen LogP contribution in [0.2, 0.25) is 0 Å². The summed E-state index contributed by atoms with van der Waals surface area (Å²) in [5.41, 5.74) is -1.53. The van der Waals surface area contributed by atoms with Crippen molar-refractivity contribution in [2.24, 2.45) is 0 Å². The summed E-state index contributed by atoms with van der Waals surface area (Å²) in [5.74, 6) is -1.90. The molecule has 1 aromatic carbocycles. The van der Waals surface area contributed by atoms with E-state index >= 15 is 0 Å². The van der Waals surface area contributed by atoms with Crippen LogP contribution in [0.25, 0.3) is 10.9 Å². The van der Waals surface area contributed by atoms with Gasteiger partial charge in [0.2, 0.25) is 0 Å². The predicted molar refractivity (Wildman–Crippen MR) is 46.7 cm³/mol. The van der Waals surface area contributed by atoms with Crippen molar-refractivity contribution < 1.29 is 22.0 Å². The molecule has 0 N–H and O–H groups in total. The highest BCUT2D eigenvalue weighted by Crippen LogP contribution is 2.29. The Morgan fingerprint density at radius 3 is 2.31 bits per heavy atom. The van der Waals surface area contributed by atoms with Crippen molar-refractivity contribution in [2.75, 3.05) is 0 Å². The molecule has 0 bridgehead atoms. The average Bonchev–Trinajstić information content (AvgIpc) is 2.15. The molecule has 1 heterocycles. The Hall–Kier alpha value is -1.72. The molecule has 2 aromatic rings. The van der Waals surface area contributed by atoms with Crippen LogP contribution in [0.1, 0.15) is 5.69 Å². The number of fused-ring (bicyclic) bond motifs is 1. The second-order valence-corrected chi connectivity index (χ2v) is 3.15. The van der Waals surface area contributed by atoms with Crippen LogP contribution in [0.15, 0.2) is 24.3 Å². The molecular weight excluding hydrogens is 229 g/mol. The van der Waals surface area contributed by atoms with Crippen LogP contribution < -0.4 is 0 Å². The zero-order chi connectivity index (χ0) is 11.9. The third-order valence-electron chi connectivity index (χ3n) is 2.01. The summed E-state index contributed by atoms with van der Waals surface area (Å²) >= 11 is 0. The predicted octanol–water partition coefficient (Wildman–Crippen LogP) is 3.53. The van der Waals surface area contributed by atoms with Gasteiger partial charge in [-0.2, -0.15) is 13.2 Å². The Bertz CT molecular complexity index is 547. The molecule has 0 aliphatic rings. The van der Waals surface area contributed by atoms with Gasteiger partial charge in [-0.1, -0.05) is 0 Å². The molecule has 0 amide bonds. The Labute approximate surface area is 86.5 Å². The number of benzene rings is 1. The smallest absolute Gasteiger partial charge is 0.243 e. The number of halogens is 5. The monoisotopic (exact) mass is 233 g/mol. The summed E-state index contributed by atoms with van der Waals surface area (Å²) in [6.07, 6.45) is -4.63. The topological polar surface area (TPSA) is 12.9 Å². The molecule has 1 aromatic heterocycles. The van der Waals surface area contributed by atoms with Gasteiger partial charge in [-0.05, 0) is 12.1 Å². The molecule has 0 radical (unpaired) electrons. The average molecular weight is 233 g/mol. The van der Waals surface area contributed by atoms with Gasteiger partial charge in [-0.25, -0.2) is 13.8 Å². The number of alkyl halides is 3. The van der Waals surface area contributed by atoms with Crippen LogP contribution >= 0.6 is 0 Å². The normalized spacial score (nSPS) is 12.1. The molecule has 0 atom stereocenters. The lowest BCUT2D eigenvalue weighted by Crippen LogP contribution is -2.07. The van der Waals surface area contributed by atoms with Crippen LogP contribution in [-0.2, 0) is 6.18 Å². The van der Waals surface area contributed by atoms with E-state index in [0.29, 0.717) is 12.1 Å². The van der Waals surface area contributed by atoms with Gasteiger partial charge in [-0.15, -0.1) is 0 Å². The minimum absolute atomic E-state index is 0.144. The fraction of sp³-hybridized carbons (Fsp3) is 0.100. The SMILES string of the molecule is Fc1cc(F)c2ccc(C(F)(F)F)nc2c1. The lowest BCUT2D eigenvalue weighted by atomic mass is 10.2. The largest absolute Gasteiger partial charge is 0.433 e. The molecule has 1 nitrogen and oxygen atoms in total. The van der Waals surface area contributed by atoms with Crippen molar-refractivity contribution in [3.05, 3.63) is 41.6 Å². The summed E-state index contributed by atoms with van der Waals surface area (Å²) in [6, 6.07) is 2.94.